The highest BCUT2D eigenvalue weighted by Crippen LogP contribution is 2.40. The molecule has 0 saturated heterocycles. The van der Waals surface area contributed by atoms with Crippen LogP contribution in [0.3, 0.4) is 0 Å². The van der Waals surface area contributed by atoms with E-state index < -0.39 is 0 Å². The molecule has 1 N–H and O–H groups in total. The molecular weight excluding hydrogens is 250 g/mol. The SMILES string of the molecule is O=C1C=C(c2cccc3c2Cc2ccccc2-3)C(=O)N1. The molecule has 4 rings (SSSR count). The van der Waals surface area contributed by atoms with Crippen LogP contribution in [0.5, 0.6) is 0 Å². The molecule has 96 valence electrons. The van der Waals surface area contributed by atoms with Gasteiger partial charge in [-0.2, -0.15) is 0 Å². The smallest absolute Gasteiger partial charge is 0.258 e. The van der Waals surface area contributed by atoms with Crippen molar-refractivity contribution < 1.29 is 9.59 Å². The van der Waals surface area contributed by atoms with Crippen molar-refractivity contribution >= 4 is 17.4 Å². The number of imide groups is 1. The van der Waals surface area contributed by atoms with E-state index in [-0.39, 0.29) is 11.8 Å². The van der Waals surface area contributed by atoms with E-state index in [1.165, 1.54) is 17.2 Å². The zero-order chi connectivity index (χ0) is 13.7. The second-order valence-corrected chi connectivity index (χ2v) is 5.04. The van der Waals surface area contributed by atoms with Gasteiger partial charge in [-0.25, -0.2) is 0 Å². The lowest BCUT2D eigenvalue weighted by atomic mass is 9.96. The Kier molecular flexibility index (Phi) is 2.18. The predicted octanol–water partition coefficient (Wildman–Crippen LogP) is 2.30. The largest absolute Gasteiger partial charge is 0.289 e. The van der Waals surface area contributed by atoms with E-state index in [0.29, 0.717) is 5.57 Å². The van der Waals surface area contributed by atoms with Crippen LogP contribution in [0.25, 0.3) is 16.7 Å². The van der Waals surface area contributed by atoms with Crippen molar-refractivity contribution in [3.05, 3.63) is 65.2 Å². The Hall–Kier alpha value is -2.68. The van der Waals surface area contributed by atoms with Gasteiger partial charge in [0.15, 0.2) is 0 Å². The van der Waals surface area contributed by atoms with Gasteiger partial charge >= 0.3 is 0 Å². The van der Waals surface area contributed by atoms with Crippen molar-refractivity contribution in [1.82, 2.24) is 5.32 Å². The van der Waals surface area contributed by atoms with Gasteiger partial charge in [0.1, 0.15) is 0 Å². The predicted molar refractivity (Wildman–Crippen MR) is 75.8 cm³/mol. The number of carbonyl (C=O) groups is 2. The number of rotatable bonds is 1. The summed E-state index contributed by atoms with van der Waals surface area (Å²) in [5.74, 6) is -0.641. The molecule has 2 aromatic rings. The molecule has 0 saturated carbocycles. The van der Waals surface area contributed by atoms with Crippen LogP contribution >= 0.6 is 0 Å². The number of hydrogen-bond donors (Lipinski definition) is 1. The van der Waals surface area contributed by atoms with Crippen molar-refractivity contribution in [2.75, 3.05) is 0 Å². The first-order valence-electron chi connectivity index (χ1n) is 6.51. The molecule has 0 unspecified atom stereocenters. The Labute approximate surface area is 115 Å². The Morgan fingerprint density at radius 3 is 2.40 bits per heavy atom. The molecule has 0 bridgehead atoms. The van der Waals surface area contributed by atoms with Crippen LogP contribution in [0.15, 0.2) is 48.5 Å². The molecule has 1 aliphatic carbocycles. The van der Waals surface area contributed by atoms with E-state index in [4.69, 9.17) is 0 Å². The van der Waals surface area contributed by atoms with Crippen LogP contribution < -0.4 is 5.32 Å². The minimum atomic E-state index is -0.335. The molecule has 0 atom stereocenters. The Balaban J connectivity index is 1.92. The average molecular weight is 261 g/mol. The number of fused-ring (bicyclic) bond motifs is 3. The number of amides is 2. The molecule has 0 aromatic heterocycles. The molecule has 3 heteroatoms. The van der Waals surface area contributed by atoms with Crippen LogP contribution in [0.1, 0.15) is 16.7 Å². The lowest BCUT2D eigenvalue weighted by molar-refractivity contribution is -0.123. The van der Waals surface area contributed by atoms with Crippen LogP contribution in [-0.4, -0.2) is 11.8 Å². The third-order valence-electron chi connectivity index (χ3n) is 3.90. The monoisotopic (exact) mass is 261 g/mol. The molecule has 0 fully saturated rings. The summed E-state index contributed by atoms with van der Waals surface area (Å²) >= 11 is 0. The highest BCUT2D eigenvalue weighted by atomic mass is 16.2. The van der Waals surface area contributed by atoms with Gasteiger partial charge in [0.2, 0.25) is 0 Å². The van der Waals surface area contributed by atoms with E-state index in [1.54, 1.807) is 0 Å². The lowest BCUT2D eigenvalue weighted by Gasteiger charge is -2.08. The second kappa shape index (κ2) is 3.90. The van der Waals surface area contributed by atoms with Crippen molar-refractivity contribution in [2.24, 2.45) is 0 Å². The molecule has 1 aliphatic heterocycles. The quantitative estimate of drug-likeness (QED) is 0.683. The first-order valence-corrected chi connectivity index (χ1v) is 6.51. The molecule has 20 heavy (non-hydrogen) atoms. The van der Waals surface area contributed by atoms with E-state index in [1.807, 2.05) is 24.3 Å². The Bertz CT molecular complexity index is 802. The van der Waals surface area contributed by atoms with Gasteiger partial charge in [0.05, 0.1) is 5.57 Å². The second-order valence-electron chi connectivity index (χ2n) is 5.04. The summed E-state index contributed by atoms with van der Waals surface area (Å²) in [4.78, 5) is 23.2. The van der Waals surface area contributed by atoms with Gasteiger partial charge in [-0.05, 0) is 34.2 Å². The summed E-state index contributed by atoms with van der Waals surface area (Å²) < 4.78 is 0. The minimum Gasteiger partial charge on any atom is -0.289 e. The van der Waals surface area contributed by atoms with Crippen LogP contribution in [0.4, 0.5) is 0 Å². The summed E-state index contributed by atoms with van der Waals surface area (Å²) in [6, 6.07) is 14.2. The standard InChI is InChI=1S/C17H11NO2/c19-16-9-15(17(20)18-16)13-7-3-6-12-11-5-2-1-4-10(11)8-14(12)13/h1-7,9H,8H2,(H,18,19,20). The number of benzene rings is 2. The van der Waals surface area contributed by atoms with Crippen LogP contribution in [0.2, 0.25) is 0 Å². The fraction of sp³-hybridized carbons (Fsp3) is 0.0588. The fourth-order valence-corrected chi connectivity index (χ4v) is 3.02. The zero-order valence-corrected chi connectivity index (χ0v) is 10.6. The zero-order valence-electron chi connectivity index (χ0n) is 10.6. The Morgan fingerprint density at radius 1 is 0.850 bits per heavy atom. The van der Waals surface area contributed by atoms with Crippen molar-refractivity contribution in [1.29, 1.82) is 0 Å². The van der Waals surface area contributed by atoms with Gasteiger partial charge in [-0.3, -0.25) is 14.9 Å². The van der Waals surface area contributed by atoms with E-state index in [9.17, 15) is 9.59 Å². The average Bonchev–Trinajstić information content (AvgIpc) is 2.98. The third-order valence-corrected chi connectivity index (χ3v) is 3.90. The van der Waals surface area contributed by atoms with Gasteiger partial charge in [0.25, 0.3) is 11.8 Å². The van der Waals surface area contributed by atoms with Crippen molar-refractivity contribution in [3.63, 3.8) is 0 Å². The molecule has 0 radical (unpaired) electrons. The van der Waals surface area contributed by atoms with E-state index >= 15 is 0 Å². The van der Waals surface area contributed by atoms with Crippen LogP contribution in [-0.2, 0) is 16.0 Å². The normalized spacial score (nSPS) is 15.7. The maximum Gasteiger partial charge on any atom is 0.258 e. The summed E-state index contributed by atoms with van der Waals surface area (Å²) in [6.45, 7) is 0. The number of hydrogen-bond acceptors (Lipinski definition) is 2. The van der Waals surface area contributed by atoms with Gasteiger partial charge < -0.3 is 0 Å². The van der Waals surface area contributed by atoms with Crippen molar-refractivity contribution in [3.8, 4) is 11.1 Å². The summed E-state index contributed by atoms with van der Waals surface area (Å²) in [5.41, 5.74) is 6.10. The molecule has 2 amide bonds. The summed E-state index contributed by atoms with van der Waals surface area (Å²) in [5, 5.41) is 2.31. The molecule has 3 nitrogen and oxygen atoms in total. The molecule has 2 aromatic carbocycles. The lowest BCUT2D eigenvalue weighted by Crippen LogP contribution is -2.22. The number of nitrogens with one attached hydrogen (secondary N) is 1. The highest BCUT2D eigenvalue weighted by molar-refractivity contribution is 6.33. The minimum absolute atomic E-state index is 0.306. The topological polar surface area (TPSA) is 46.2 Å². The number of carbonyl (C=O) groups excluding carboxylic acids is 2. The highest BCUT2D eigenvalue weighted by Gasteiger charge is 2.27. The third kappa shape index (κ3) is 1.46. The van der Waals surface area contributed by atoms with Crippen molar-refractivity contribution in [2.45, 2.75) is 6.42 Å². The molecule has 1 heterocycles. The van der Waals surface area contributed by atoms with Crippen LogP contribution in [0, 0.1) is 0 Å². The molecule has 2 aliphatic rings. The van der Waals surface area contributed by atoms with Gasteiger partial charge in [-0.15, -0.1) is 0 Å². The first-order chi connectivity index (χ1) is 9.74. The summed E-state index contributed by atoms with van der Waals surface area (Å²) in [7, 11) is 0. The molecule has 0 spiro atoms. The van der Waals surface area contributed by atoms with E-state index in [2.05, 4.69) is 23.5 Å². The molecular formula is C17H11NO2. The summed E-state index contributed by atoms with van der Waals surface area (Å²) in [6.07, 6.45) is 2.20. The Morgan fingerprint density at radius 2 is 1.60 bits per heavy atom. The first kappa shape index (κ1) is 11.2. The maximum atomic E-state index is 11.9. The van der Waals surface area contributed by atoms with Gasteiger partial charge in [0, 0.05) is 6.08 Å². The fourth-order valence-electron chi connectivity index (χ4n) is 3.02. The van der Waals surface area contributed by atoms with Gasteiger partial charge in [-0.1, -0.05) is 42.5 Å². The maximum absolute atomic E-state index is 11.9. The van der Waals surface area contributed by atoms with E-state index in [0.717, 1.165) is 23.1 Å².